The minimum absolute atomic E-state index is 0.0948. The fourth-order valence-corrected chi connectivity index (χ4v) is 4.21. The Bertz CT molecular complexity index is 908. The van der Waals surface area contributed by atoms with Crippen molar-refractivity contribution in [2.45, 2.75) is 17.9 Å². The number of carbonyl (C=O) groups is 1. The van der Waals surface area contributed by atoms with Gasteiger partial charge in [-0.2, -0.15) is 0 Å². The molecule has 8 heteroatoms. The van der Waals surface area contributed by atoms with Crippen molar-refractivity contribution >= 4 is 15.8 Å². The molecule has 0 unspecified atom stereocenters. The number of hydrogen-bond acceptors (Lipinski definition) is 5. The van der Waals surface area contributed by atoms with Crippen LogP contribution in [0.15, 0.2) is 53.4 Å². The minimum atomic E-state index is -3.75. The third-order valence-electron chi connectivity index (χ3n) is 4.78. The maximum absolute atomic E-state index is 13.3. The first-order valence-corrected chi connectivity index (χ1v) is 10.5. The van der Waals surface area contributed by atoms with E-state index in [4.69, 9.17) is 4.74 Å². The van der Waals surface area contributed by atoms with Crippen LogP contribution in [0.1, 0.15) is 28.9 Å². The second-order valence-corrected chi connectivity index (χ2v) is 8.42. The van der Waals surface area contributed by atoms with E-state index in [2.05, 4.69) is 9.62 Å². The fraction of sp³-hybridized carbons (Fsp3) is 0.350. The number of rotatable bonds is 7. The third-order valence-corrected chi connectivity index (χ3v) is 6.22. The molecule has 6 nitrogen and oxygen atoms in total. The first-order chi connectivity index (χ1) is 13.4. The summed E-state index contributed by atoms with van der Waals surface area (Å²) in [5, 5.41) is 0. The SMILES string of the molecule is CC(=O)c1ccc(S(=O)(=O)NC[C@H](c2ccc(F)cc2)N2CCOCC2)cc1. The molecule has 0 radical (unpaired) electrons. The second kappa shape index (κ2) is 8.91. The van der Waals surface area contributed by atoms with Crippen molar-refractivity contribution in [1.29, 1.82) is 0 Å². The van der Waals surface area contributed by atoms with Gasteiger partial charge in [-0.1, -0.05) is 24.3 Å². The van der Waals surface area contributed by atoms with Crippen LogP contribution >= 0.6 is 0 Å². The molecule has 0 aliphatic carbocycles. The molecule has 0 amide bonds. The summed E-state index contributed by atoms with van der Waals surface area (Å²) in [7, 11) is -3.75. The van der Waals surface area contributed by atoms with Gasteiger partial charge in [0.2, 0.25) is 10.0 Å². The van der Waals surface area contributed by atoms with Crippen LogP contribution in [0.4, 0.5) is 4.39 Å². The molecule has 1 heterocycles. The average Bonchev–Trinajstić information content (AvgIpc) is 2.70. The molecule has 3 rings (SSSR count). The topological polar surface area (TPSA) is 75.7 Å². The smallest absolute Gasteiger partial charge is 0.240 e. The number of ketones is 1. The van der Waals surface area contributed by atoms with Gasteiger partial charge in [0.15, 0.2) is 5.78 Å². The van der Waals surface area contributed by atoms with Crippen molar-refractivity contribution in [2.75, 3.05) is 32.8 Å². The first-order valence-electron chi connectivity index (χ1n) is 9.05. The zero-order chi connectivity index (χ0) is 20.1. The lowest BCUT2D eigenvalue weighted by atomic mass is 10.0. The predicted molar refractivity (Wildman–Crippen MR) is 103 cm³/mol. The quantitative estimate of drug-likeness (QED) is 0.715. The molecule has 2 aromatic rings. The number of ether oxygens (including phenoxy) is 1. The van der Waals surface area contributed by atoms with E-state index in [0.29, 0.717) is 31.9 Å². The lowest BCUT2D eigenvalue weighted by molar-refractivity contribution is 0.0172. The molecule has 1 atom stereocenters. The summed E-state index contributed by atoms with van der Waals surface area (Å²) in [5.41, 5.74) is 1.29. The maximum atomic E-state index is 13.3. The number of hydrogen-bond donors (Lipinski definition) is 1. The molecule has 1 fully saturated rings. The highest BCUT2D eigenvalue weighted by Gasteiger charge is 2.25. The van der Waals surface area contributed by atoms with Gasteiger partial charge in [-0.05, 0) is 36.8 Å². The van der Waals surface area contributed by atoms with Crippen molar-refractivity contribution in [2.24, 2.45) is 0 Å². The van der Waals surface area contributed by atoms with Crippen molar-refractivity contribution in [3.8, 4) is 0 Å². The van der Waals surface area contributed by atoms with Crippen molar-refractivity contribution in [3.05, 3.63) is 65.5 Å². The Morgan fingerprint density at radius 3 is 2.29 bits per heavy atom. The highest BCUT2D eigenvalue weighted by molar-refractivity contribution is 7.89. The minimum Gasteiger partial charge on any atom is -0.379 e. The van der Waals surface area contributed by atoms with E-state index in [0.717, 1.165) is 5.56 Å². The van der Waals surface area contributed by atoms with Crippen LogP contribution in [0.5, 0.6) is 0 Å². The van der Waals surface area contributed by atoms with Crippen molar-refractivity contribution < 1.29 is 22.3 Å². The standard InChI is InChI=1S/C20H23FN2O4S/c1-15(24)16-4-8-19(9-5-16)28(25,26)22-14-20(23-10-12-27-13-11-23)17-2-6-18(21)7-3-17/h2-9,20,22H,10-14H2,1H3/t20-/m1/s1. The van der Waals surface area contributed by atoms with Crippen LogP contribution in [0.25, 0.3) is 0 Å². The van der Waals surface area contributed by atoms with E-state index in [9.17, 15) is 17.6 Å². The molecule has 1 aliphatic rings. The van der Waals surface area contributed by atoms with Crippen LogP contribution < -0.4 is 4.72 Å². The molecule has 1 saturated heterocycles. The van der Waals surface area contributed by atoms with E-state index in [1.807, 2.05) is 0 Å². The molecule has 28 heavy (non-hydrogen) atoms. The highest BCUT2D eigenvalue weighted by atomic mass is 32.2. The molecule has 1 N–H and O–H groups in total. The Morgan fingerprint density at radius 1 is 1.11 bits per heavy atom. The summed E-state index contributed by atoms with van der Waals surface area (Å²) in [4.78, 5) is 13.6. The number of nitrogens with one attached hydrogen (secondary N) is 1. The normalized spacial score (nSPS) is 16.6. The first kappa shape index (κ1) is 20.6. The van der Waals surface area contributed by atoms with E-state index < -0.39 is 10.0 Å². The van der Waals surface area contributed by atoms with Crippen LogP contribution in [0.2, 0.25) is 0 Å². The number of Topliss-reactive ketones (excluding diaryl/α,β-unsaturated/α-hetero) is 1. The lowest BCUT2D eigenvalue weighted by Crippen LogP contribution is -2.43. The van der Waals surface area contributed by atoms with Gasteiger partial charge in [-0.15, -0.1) is 0 Å². The number of carbonyl (C=O) groups excluding carboxylic acids is 1. The monoisotopic (exact) mass is 406 g/mol. The molecular formula is C20H23FN2O4S. The van der Waals surface area contributed by atoms with Gasteiger partial charge in [-0.25, -0.2) is 17.5 Å². The summed E-state index contributed by atoms with van der Waals surface area (Å²) >= 11 is 0. The van der Waals surface area contributed by atoms with Gasteiger partial charge in [0.25, 0.3) is 0 Å². The molecule has 1 aliphatic heterocycles. The van der Waals surface area contributed by atoms with Crippen molar-refractivity contribution in [3.63, 3.8) is 0 Å². The number of morpholine rings is 1. The third kappa shape index (κ3) is 5.02. The van der Waals surface area contributed by atoms with E-state index >= 15 is 0 Å². The van der Waals surface area contributed by atoms with Crippen LogP contribution in [-0.4, -0.2) is 51.9 Å². The number of halogens is 1. The summed E-state index contributed by atoms with van der Waals surface area (Å²) in [6.07, 6.45) is 0. The largest absolute Gasteiger partial charge is 0.379 e. The molecular weight excluding hydrogens is 383 g/mol. The van der Waals surface area contributed by atoms with Gasteiger partial charge in [-0.3, -0.25) is 9.69 Å². The highest BCUT2D eigenvalue weighted by Crippen LogP contribution is 2.22. The molecule has 2 aromatic carbocycles. The van der Waals surface area contributed by atoms with Gasteiger partial charge in [0, 0.05) is 31.2 Å². The zero-order valence-corrected chi connectivity index (χ0v) is 16.4. The van der Waals surface area contributed by atoms with Gasteiger partial charge in [0.05, 0.1) is 18.1 Å². The summed E-state index contributed by atoms with van der Waals surface area (Å²) in [6.45, 7) is 4.03. The molecule has 150 valence electrons. The van der Waals surface area contributed by atoms with Crippen LogP contribution in [0.3, 0.4) is 0 Å². The Kier molecular flexibility index (Phi) is 6.56. The van der Waals surface area contributed by atoms with Crippen LogP contribution in [0, 0.1) is 5.82 Å². The van der Waals surface area contributed by atoms with Gasteiger partial charge < -0.3 is 4.74 Å². The fourth-order valence-electron chi connectivity index (χ4n) is 3.17. The zero-order valence-electron chi connectivity index (χ0n) is 15.6. The van der Waals surface area contributed by atoms with Crippen molar-refractivity contribution in [1.82, 2.24) is 9.62 Å². The Balaban J connectivity index is 1.78. The average molecular weight is 406 g/mol. The molecule has 0 bridgehead atoms. The molecule has 0 aromatic heterocycles. The Morgan fingerprint density at radius 2 is 1.71 bits per heavy atom. The number of nitrogens with zero attached hydrogens (tertiary/aromatic N) is 1. The Hall–Kier alpha value is -2.13. The van der Waals surface area contributed by atoms with E-state index in [-0.39, 0.29) is 29.1 Å². The van der Waals surface area contributed by atoms with E-state index in [1.54, 1.807) is 12.1 Å². The van der Waals surface area contributed by atoms with Gasteiger partial charge in [0.1, 0.15) is 5.82 Å². The summed E-state index contributed by atoms with van der Waals surface area (Å²) < 4.78 is 46.7. The summed E-state index contributed by atoms with van der Waals surface area (Å²) in [5.74, 6) is -0.462. The lowest BCUT2D eigenvalue weighted by Gasteiger charge is -2.34. The Labute approximate surface area is 164 Å². The van der Waals surface area contributed by atoms with E-state index in [1.165, 1.54) is 43.3 Å². The molecule has 0 saturated carbocycles. The van der Waals surface area contributed by atoms with Crippen LogP contribution in [-0.2, 0) is 14.8 Å². The summed E-state index contributed by atoms with van der Waals surface area (Å²) in [6, 6.07) is 11.7. The van der Waals surface area contributed by atoms with Gasteiger partial charge >= 0.3 is 0 Å². The molecule has 0 spiro atoms. The number of sulfonamides is 1. The predicted octanol–water partition coefficient (Wildman–Crippen LogP) is 2.38. The number of benzene rings is 2. The second-order valence-electron chi connectivity index (χ2n) is 6.65. The maximum Gasteiger partial charge on any atom is 0.240 e.